The Labute approximate surface area is 160 Å². The molecule has 3 rings (SSSR count). The van der Waals surface area contributed by atoms with Gasteiger partial charge in [0.05, 0.1) is 23.9 Å². The molecule has 27 heavy (non-hydrogen) atoms. The number of carbonyl (C=O) groups excluding carboxylic acids is 1. The molecule has 0 aromatic heterocycles. The molecule has 0 bridgehead atoms. The van der Waals surface area contributed by atoms with Crippen LogP contribution in [0.1, 0.15) is 32.6 Å². The molecule has 1 fully saturated rings. The van der Waals surface area contributed by atoms with E-state index in [1.54, 1.807) is 0 Å². The SMILES string of the molecule is COC(=O)c1cc(CN2CCN(c3ccccc3C#N)CC2)c(C)cc1C. The number of nitrogens with zero attached hydrogens (tertiary/aromatic N) is 3. The largest absolute Gasteiger partial charge is 0.465 e. The maximum absolute atomic E-state index is 12.0. The van der Waals surface area contributed by atoms with E-state index in [0.29, 0.717) is 5.56 Å². The van der Waals surface area contributed by atoms with Crippen LogP contribution in [-0.2, 0) is 11.3 Å². The van der Waals surface area contributed by atoms with E-state index in [-0.39, 0.29) is 5.97 Å². The van der Waals surface area contributed by atoms with Gasteiger partial charge in [-0.15, -0.1) is 0 Å². The van der Waals surface area contributed by atoms with Gasteiger partial charge in [-0.3, -0.25) is 4.90 Å². The first-order valence-corrected chi connectivity index (χ1v) is 9.18. The van der Waals surface area contributed by atoms with Crippen molar-refractivity contribution in [1.82, 2.24) is 4.90 Å². The lowest BCUT2D eigenvalue weighted by molar-refractivity contribution is 0.0599. The van der Waals surface area contributed by atoms with Gasteiger partial charge >= 0.3 is 5.97 Å². The Bertz CT molecular complexity index is 878. The van der Waals surface area contributed by atoms with E-state index in [4.69, 9.17) is 4.74 Å². The van der Waals surface area contributed by atoms with Gasteiger partial charge in [0.2, 0.25) is 0 Å². The Kier molecular flexibility index (Phi) is 5.78. The number of methoxy groups -OCH3 is 1. The number of nitriles is 1. The smallest absolute Gasteiger partial charge is 0.338 e. The number of anilines is 1. The predicted molar refractivity (Wildman–Crippen MR) is 106 cm³/mol. The minimum atomic E-state index is -0.285. The van der Waals surface area contributed by atoms with Gasteiger partial charge in [-0.05, 0) is 48.7 Å². The number of ether oxygens (including phenoxy) is 1. The van der Waals surface area contributed by atoms with Crippen LogP contribution < -0.4 is 4.90 Å². The highest BCUT2D eigenvalue weighted by atomic mass is 16.5. The van der Waals surface area contributed by atoms with Gasteiger partial charge in [0.25, 0.3) is 0 Å². The maximum atomic E-state index is 12.0. The van der Waals surface area contributed by atoms with Crippen molar-refractivity contribution >= 4 is 11.7 Å². The molecule has 0 atom stereocenters. The van der Waals surface area contributed by atoms with Gasteiger partial charge in [0, 0.05) is 32.7 Å². The first-order valence-electron chi connectivity index (χ1n) is 9.18. The lowest BCUT2D eigenvalue weighted by atomic mass is 9.99. The summed E-state index contributed by atoms with van der Waals surface area (Å²) in [7, 11) is 1.42. The molecule has 0 aliphatic carbocycles. The molecular weight excluding hydrogens is 338 g/mol. The minimum Gasteiger partial charge on any atom is -0.465 e. The lowest BCUT2D eigenvalue weighted by Crippen LogP contribution is -2.46. The number of carbonyl (C=O) groups is 1. The summed E-state index contributed by atoms with van der Waals surface area (Å²) in [5.74, 6) is -0.285. The fourth-order valence-electron chi connectivity index (χ4n) is 3.63. The zero-order valence-corrected chi connectivity index (χ0v) is 16.2. The van der Waals surface area contributed by atoms with Gasteiger partial charge in [-0.25, -0.2) is 4.79 Å². The topological polar surface area (TPSA) is 56.6 Å². The van der Waals surface area contributed by atoms with E-state index < -0.39 is 0 Å². The van der Waals surface area contributed by atoms with E-state index in [9.17, 15) is 10.1 Å². The Hall–Kier alpha value is -2.84. The van der Waals surface area contributed by atoms with Crippen LogP contribution in [0.3, 0.4) is 0 Å². The zero-order valence-electron chi connectivity index (χ0n) is 16.2. The first-order chi connectivity index (χ1) is 13.0. The lowest BCUT2D eigenvalue weighted by Gasteiger charge is -2.36. The van der Waals surface area contributed by atoms with E-state index in [0.717, 1.165) is 55.1 Å². The second kappa shape index (κ2) is 8.24. The molecule has 1 aliphatic rings. The zero-order chi connectivity index (χ0) is 19.4. The van der Waals surface area contributed by atoms with Crippen molar-refractivity contribution in [3.05, 3.63) is 64.2 Å². The number of rotatable bonds is 4. The second-order valence-corrected chi connectivity index (χ2v) is 6.98. The van der Waals surface area contributed by atoms with Crippen molar-refractivity contribution in [2.24, 2.45) is 0 Å². The van der Waals surface area contributed by atoms with E-state index in [2.05, 4.69) is 28.9 Å². The molecule has 5 nitrogen and oxygen atoms in total. The monoisotopic (exact) mass is 363 g/mol. The molecule has 0 N–H and O–H groups in total. The summed E-state index contributed by atoms with van der Waals surface area (Å²) in [5, 5.41) is 9.32. The Balaban J connectivity index is 1.69. The number of esters is 1. The summed E-state index contributed by atoms with van der Waals surface area (Å²) < 4.78 is 4.90. The highest BCUT2D eigenvalue weighted by molar-refractivity contribution is 5.91. The summed E-state index contributed by atoms with van der Waals surface area (Å²) in [6.45, 7) is 8.43. The van der Waals surface area contributed by atoms with Crippen LogP contribution in [0.5, 0.6) is 0 Å². The van der Waals surface area contributed by atoms with Crippen LogP contribution in [0.2, 0.25) is 0 Å². The van der Waals surface area contributed by atoms with Gasteiger partial charge in [0.15, 0.2) is 0 Å². The van der Waals surface area contributed by atoms with Crippen LogP contribution >= 0.6 is 0 Å². The third-order valence-corrected chi connectivity index (χ3v) is 5.22. The molecule has 0 spiro atoms. The normalized spacial score (nSPS) is 14.7. The van der Waals surface area contributed by atoms with Crippen LogP contribution in [0, 0.1) is 25.2 Å². The third kappa shape index (κ3) is 4.12. The number of para-hydroxylation sites is 1. The van der Waals surface area contributed by atoms with Crippen LogP contribution in [0.25, 0.3) is 0 Å². The fraction of sp³-hybridized carbons (Fsp3) is 0.364. The molecule has 0 amide bonds. The molecule has 1 saturated heterocycles. The standard InChI is InChI=1S/C22H25N3O2/c1-16-12-17(2)20(22(26)27-3)13-19(16)15-24-8-10-25(11-9-24)21-7-5-4-6-18(21)14-23/h4-7,12-13H,8-11,15H2,1-3H3. The van der Waals surface area contributed by atoms with Crippen molar-refractivity contribution in [2.75, 3.05) is 38.2 Å². The van der Waals surface area contributed by atoms with Crippen molar-refractivity contribution < 1.29 is 9.53 Å². The van der Waals surface area contributed by atoms with Crippen molar-refractivity contribution in [3.63, 3.8) is 0 Å². The quantitative estimate of drug-likeness (QED) is 0.780. The maximum Gasteiger partial charge on any atom is 0.338 e. The summed E-state index contributed by atoms with van der Waals surface area (Å²) in [4.78, 5) is 16.6. The Morgan fingerprint density at radius 2 is 1.81 bits per heavy atom. The fourth-order valence-corrected chi connectivity index (χ4v) is 3.63. The van der Waals surface area contributed by atoms with Crippen molar-refractivity contribution in [2.45, 2.75) is 20.4 Å². The number of hydrogen-bond acceptors (Lipinski definition) is 5. The van der Waals surface area contributed by atoms with Gasteiger partial charge in [-0.1, -0.05) is 18.2 Å². The molecule has 0 unspecified atom stereocenters. The van der Waals surface area contributed by atoms with Gasteiger partial charge in [-0.2, -0.15) is 5.26 Å². The van der Waals surface area contributed by atoms with Crippen LogP contribution in [-0.4, -0.2) is 44.2 Å². The highest BCUT2D eigenvalue weighted by Crippen LogP contribution is 2.23. The summed E-state index contributed by atoms with van der Waals surface area (Å²) in [5.41, 5.74) is 5.67. The van der Waals surface area contributed by atoms with Crippen LogP contribution in [0.4, 0.5) is 5.69 Å². The van der Waals surface area contributed by atoms with Crippen molar-refractivity contribution in [3.8, 4) is 6.07 Å². The average Bonchev–Trinajstić information content (AvgIpc) is 2.70. The minimum absolute atomic E-state index is 0.285. The highest BCUT2D eigenvalue weighted by Gasteiger charge is 2.20. The van der Waals surface area contributed by atoms with Crippen molar-refractivity contribution in [1.29, 1.82) is 5.26 Å². The van der Waals surface area contributed by atoms with E-state index in [1.165, 1.54) is 12.7 Å². The first kappa shape index (κ1) is 18.9. The third-order valence-electron chi connectivity index (χ3n) is 5.22. The molecule has 5 heteroatoms. The van der Waals surface area contributed by atoms with E-state index >= 15 is 0 Å². The molecular formula is C22H25N3O2. The summed E-state index contributed by atoms with van der Waals surface area (Å²) in [6, 6.07) is 14.1. The summed E-state index contributed by atoms with van der Waals surface area (Å²) in [6.07, 6.45) is 0. The number of piperazine rings is 1. The van der Waals surface area contributed by atoms with Gasteiger partial charge < -0.3 is 9.64 Å². The molecule has 0 saturated carbocycles. The predicted octanol–water partition coefficient (Wildman–Crippen LogP) is 3.28. The molecule has 140 valence electrons. The molecule has 1 aliphatic heterocycles. The van der Waals surface area contributed by atoms with Gasteiger partial charge in [0.1, 0.15) is 6.07 Å². The Morgan fingerprint density at radius 3 is 2.48 bits per heavy atom. The Morgan fingerprint density at radius 1 is 1.11 bits per heavy atom. The number of aryl methyl sites for hydroxylation is 2. The average molecular weight is 363 g/mol. The number of benzene rings is 2. The molecule has 0 radical (unpaired) electrons. The molecule has 2 aromatic carbocycles. The van der Waals surface area contributed by atoms with Crippen LogP contribution in [0.15, 0.2) is 36.4 Å². The molecule has 2 aromatic rings. The van der Waals surface area contributed by atoms with E-state index in [1.807, 2.05) is 37.3 Å². The summed E-state index contributed by atoms with van der Waals surface area (Å²) >= 11 is 0. The molecule has 1 heterocycles. The second-order valence-electron chi connectivity index (χ2n) is 6.98. The number of hydrogen-bond donors (Lipinski definition) is 0.